The zero-order valence-corrected chi connectivity index (χ0v) is 8.56. The van der Waals surface area contributed by atoms with E-state index in [1.54, 1.807) is 0 Å². The van der Waals surface area contributed by atoms with Gasteiger partial charge in [-0.15, -0.1) is 0 Å². The molecule has 0 unspecified atom stereocenters. The topological polar surface area (TPSA) is 49.3 Å². The van der Waals surface area contributed by atoms with Gasteiger partial charge in [0.05, 0.1) is 5.56 Å². The van der Waals surface area contributed by atoms with Gasteiger partial charge in [0.1, 0.15) is 6.54 Å². The van der Waals surface area contributed by atoms with Gasteiger partial charge in [-0.05, 0) is 18.2 Å². The molecule has 1 aromatic carbocycles. The molecule has 0 aromatic heterocycles. The van der Waals surface area contributed by atoms with E-state index < -0.39 is 24.3 Å². The zero-order valence-electron chi connectivity index (χ0n) is 7.81. The predicted octanol–water partition coefficient (Wildman–Crippen LogP) is 2.86. The van der Waals surface area contributed by atoms with Crippen LogP contribution in [0.5, 0.6) is 0 Å². The number of carbonyl (C=O) groups is 1. The van der Waals surface area contributed by atoms with Crippen LogP contribution in [0.4, 0.5) is 18.9 Å². The molecule has 2 N–H and O–H groups in total. The van der Waals surface area contributed by atoms with Gasteiger partial charge >= 0.3 is 12.1 Å². The quantitative estimate of drug-likeness (QED) is 0.871. The molecule has 1 aromatic rings. The Balaban J connectivity index is 2.94. The summed E-state index contributed by atoms with van der Waals surface area (Å²) in [6.07, 6.45) is -4.51. The third kappa shape index (κ3) is 3.62. The van der Waals surface area contributed by atoms with E-state index in [1.807, 2.05) is 0 Å². The Morgan fingerprint density at radius 1 is 1.38 bits per heavy atom. The van der Waals surface area contributed by atoms with Crippen LogP contribution >= 0.6 is 11.6 Å². The van der Waals surface area contributed by atoms with Crippen molar-refractivity contribution >= 4 is 23.3 Å². The molecule has 0 atom stereocenters. The molecular formula is C9H7ClF3NO2. The van der Waals surface area contributed by atoms with Crippen LogP contribution in [-0.4, -0.2) is 17.6 Å². The van der Waals surface area contributed by atoms with Crippen LogP contribution in [0.15, 0.2) is 18.2 Å². The Morgan fingerprint density at radius 3 is 2.50 bits per heavy atom. The molecule has 0 aliphatic carbocycles. The first-order chi connectivity index (χ1) is 7.29. The lowest BCUT2D eigenvalue weighted by atomic mass is 10.2. The van der Waals surface area contributed by atoms with Crippen LogP contribution in [0.3, 0.4) is 0 Å². The summed E-state index contributed by atoms with van der Waals surface area (Å²) in [6, 6.07) is 2.79. The molecule has 7 heteroatoms. The highest BCUT2D eigenvalue weighted by Crippen LogP contribution is 2.33. The fourth-order valence-electron chi connectivity index (χ4n) is 1.03. The second-order valence-electron chi connectivity index (χ2n) is 2.97. The summed E-state index contributed by atoms with van der Waals surface area (Å²) in [5.41, 5.74) is -0.907. The molecule has 1 rings (SSSR count). The van der Waals surface area contributed by atoms with E-state index in [0.29, 0.717) is 0 Å². The fourth-order valence-corrected chi connectivity index (χ4v) is 1.27. The van der Waals surface area contributed by atoms with Crippen LogP contribution in [0.2, 0.25) is 5.02 Å². The summed E-state index contributed by atoms with van der Waals surface area (Å²) < 4.78 is 37.0. The van der Waals surface area contributed by atoms with Crippen LogP contribution in [-0.2, 0) is 11.0 Å². The molecule has 0 saturated heterocycles. The molecule has 0 fully saturated rings. The SMILES string of the molecule is O=C(O)CNc1cc(Cl)cc(C(F)(F)F)c1. The van der Waals surface area contributed by atoms with Gasteiger partial charge in [-0.2, -0.15) is 13.2 Å². The number of aliphatic carboxylic acids is 1. The van der Waals surface area contributed by atoms with Gasteiger partial charge in [0.25, 0.3) is 0 Å². The smallest absolute Gasteiger partial charge is 0.416 e. The van der Waals surface area contributed by atoms with Crippen molar-refractivity contribution in [3.8, 4) is 0 Å². The molecule has 0 aliphatic rings. The summed E-state index contributed by atoms with van der Waals surface area (Å²) >= 11 is 5.48. The van der Waals surface area contributed by atoms with Crippen molar-refractivity contribution in [1.29, 1.82) is 0 Å². The van der Waals surface area contributed by atoms with E-state index >= 15 is 0 Å². The molecule has 0 amide bonds. The summed E-state index contributed by atoms with van der Waals surface area (Å²) in [5, 5.41) is 10.6. The lowest BCUT2D eigenvalue weighted by molar-refractivity contribution is -0.137. The molecule has 88 valence electrons. The van der Waals surface area contributed by atoms with Crippen molar-refractivity contribution < 1.29 is 23.1 Å². The van der Waals surface area contributed by atoms with Gasteiger partial charge in [0.15, 0.2) is 0 Å². The highest BCUT2D eigenvalue weighted by Gasteiger charge is 2.31. The Kier molecular flexibility index (Phi) is 3.64. The third-order valence-corrected chi connectivity index (χ3v) is 1.89. The van der Waals surface area contributed by atoms with Gasteiger partial charge < -0.3 is 10.4 Å². The number of alkyl halides is 3. The number of benzene rings is 1. The monoisotopic (exact) mass is 253 g/mol. The summed E-state index contributed by atoms with van der Waals surface area (Å²) in [4.78, 5) is 10.2. The number of carboxylic acids is 1. The molecular weight excluding hydrogens is 247 g/mol. The number of nitrogens with one attached hydrogen (secondary N) is 1. The molecule has 0 saturated carbocycles. The van der Waals surface area contributed by atoms with Gasteiger partial charge in [0, 0.05) is 10.7 Å². The van der Waals surface area contributed by atoms with E-state index in [1.165, 1.54) is 6.07 Å². The number of rotatable bonds is 3. The van der Waals surface area contributed by atoms with Crippen molar-refractivity contribution in [2.24, 2.45) is 0 Å². The highest BCUT2D eigenvalue weighted by atomic mass is 35.5. The molecule has 0 aliphatic heterocycles. The van der Waals surface area contributed by atoms with Crippen LogP contribution < -0.4 is 5.32 Å². The van der Waals surface area contributed by atoms with E-state index in [2.05, 4.69) is 5.32 Å². The van der Waals surface area contributed by atoms with Gasteiger partial charge in [0.2, 0.25) is 0 Å². The summed E-state index contributed by atoms with van der Waals surface area (Å²) in [7, 11) is 0. The van der Waals surface area contributed by atoms with E-state index in [0.717, 1.165) is 12.1 Å². The number of halogens is 4. The zero-order chi connectivity index (χ0) is 12.3. The lowest BCUT2D eigenvalue weighted by Crippen LogP contribution is -2.13. The number of hydrogen-bond acceptors (Lipinski definition) is 2. The maximum absolute atomic E-state index is 12.3. The fraction of sp³-hybridized carbons (Fsp3) is 0.222. The van der Waals surface area contributed by atoms with E-state index in [-0.39, 0.29) is 10.7 Å². The van der Waals surface area contributed by atoms with Gasteiger partial charge in [-0.3, -0.25) is 4.79 Å². The standard InChI is InChI=1S/C9H7ClF3NO2/c10-6-1-5(9(11,12)13)2-7(3-6)14-4-8(15)16/h1-3,14H,4H2,(H,15,16). The minimum Gasteiger partial charge on any atom is -0.480 e. The van der Waals surface area contributed by atoms with Gasteiger partial charge in [-0.1, -0.05) is 11.6 Å². The number of hydrogen-bond donors (Lipinski definition) is 2. The summed E-state index contributed by atoms with van der Waals surface area (Å²) in [5.74, 6) is -1.17. The Labute approximate surface area is 93.8 Å². The van der Waals surface area contributed by atoms with Crippen LogP contribution in [0, 0.1) is 0 Å². The van der Waals surface area contributed by atoms with E-state index in [4.69, 9.17) is 16.7 Å². The molecule has 0 heterocycles. The third-order valence-electron chi connectivity index (χ3n) is 1.67. The maximum atomic E-state index is 12.3. The molecule has 0 radical (unpaired) electrons. The largest absolute Gasteiger partial charge is 0.480 e. The van der Waals surface area contributed by atoms with Crippen LogP contribution in [0.1, 0.15) is 5.56 Å². The number of carboxylic acid groups (broad SMARTS) is 1. The summed E-state index contributed by atoms with van der Waals surface area (Å²) in [6.45, 7) is -0.475. The second-order valence-corrected chi connectivity index (χ2v) is 3.41. The molecule has 3 nitrogen and oxygen atoms in total. The predicted molar refractivity (Wildman–Crippen MR) is 52.6 cm³/mol. The first-order valence-electron chi connectivity index (χ1n) is 4.12. The van der Waals surface area contributed by atoms with Crippen molar-refractivity contribution in [3.05, 3.63) is 28.8 Å². The first kappa shape index (κ1) is 12.6. The average molecular weight is 254 g/mol. The maximum Gasteiger partial charge on any atom is 0.416 e. The minimum absolute atomic E-state index is 0.0159. The van der Waals surface area contributed by atoms with Crippen LogP contribution in [0.25, 0.3) is 0 Å². The molecule has 16 heavy (non-hydrogen) atoms. The average Bonchev–Trinajstić information content (AvgIpc) is 2.12. The Morgan fingerprint density at radius 2 is 2.00 bits per heavy atom. The molecule has 0 bridgehead atoms. The first-order valence-corrected chi connectivity index (χ1v) is 4.50. The van der Waals surface area contributed by atoms with Gasteiger partial charge in [-0.25, -0.2) is 0 Å². The molecule has 0 spiro atoms. The Hall–Kier alpha value is -1.43. The number of anilines is 1. The Bertz CT molecular complexity index is 406. The van der Waals surface area contributed by atoms with Crippen molar-refractivity contribution in [2.45, 2.75) is 6.18 Å². The van der Waals surface area contributed by atoms with Crippen molar-refractivity contribution in [1.82, 2.24) is 0 Å². The van der Waals surface area contributed by atoms with Crippen molar-refractivity contribution in [2.75, 3.05) is 11.9 Å². The van der Waals surface area contributed by atoms with E-state index in [9.17, 15) is 18.0 Å². The normalized spacial score (nSPS) is 11.2. The second kappa shape index (κ2) is 4.61. The highest BCUT2D eigenvalue weighted by molar-refractivity contribution is 6.30. The minimum atomic E-state index is -4.51. The lowest BCUT2D eigenvalue weighted by Gasteiger charge is -2.10. The van der Waals surface area contributed by atoms with Crippen molar-refractivity contribution in [3.63, 3.8) is 0 Å².